The van der Waals surface area contributed by atoms with Gasteiger partial charge in [0.2, 0.25) is 5.91 Å². The van der Waals surface area contributed by atoms with Gasteiger partial charge in [-0.15, -0.1) is 0 Å². The van der Waals surface area contributed by atoms with Crippen molar-refractivity contribution in [1.82, 2.24) is 10.9 Å². The number of hydrazine groups is 1. The molecule has 1 aromatic carbocycles. The number of nitrogens with one attached hydrogen (secondary N) is 3. The largest absolute Gasteiger partial charge is 0.491 e. The second-order valence-electron chi connectivity index (χ2n) is 4.97. The molecule has 1 aromatic rings. The third-order valence-corrected chi connectivity index (χ3v) is 2.84. The molecule has 0 spiro atoms. The number of hydrogen-bond donors (Lipinski definition) is 3. The highest BCUT2D eigenvalue weighted by atomic mass is 16.5. The first-order valence-electron chi connectivity index (χ1n) is 6.62. The molecule has 0 saturated carbocycles. The average molecular weight is 291 g/mol. The molecule has 7 heteroatoms. The van der Waals surface area contributed by atoms with Crippen LogP contribution in [0.4, 0.5) is 5.69 Å². The van der Waals surface area contributed by atoms with E-state index in [1.165, 1.54) is 0 Å². The fraction of sp³-hybridized carbons (Fsp3) is 0.357. The van der Waals surface area contributed by atoms with Gasteiger partial charge in [0.15, 0.2) is 0 Å². The molecule has 0 aromatic heterocycles. The quantitative estimate of drug-likeness (QED) is 0.691. The van der Waals surface area contributed by atoms with E-state index in [-0.39, 0.29) is 12.5 Å². The Morgan fingerprint density at radius 1 is 1.19 bits per heavy atom. The van der Waals surface area contributed by atoms with Gasteiger partial charge in [0.25, 0.3) is 11.8 Å². The summed E-state index contributed by atoms with van der Waals surface area (Å²) in [5.41, 5.74) is 4.94. The minimum atomic E-state index is -0.978. The Kier molecular flexibility index (Phi) is 4.42. The molecule has 0 unspecified atom stereocenters. The Morgan fingerprint density at radius 2 is 1.76 bits per heavy atom. The highest BCUT2D eigenvalue weighted by Gasteiger charge is 2.34. The molecule has 1 aliphatic heterocycles. The van der Waals surface area contributed by atoms with Crippen LogP contribution in [0.25, 0.3) is 0 Å². The predicted octanol–water partition coefficient (Wildman–Crippen LogP) is 0.580. The van der Waals surface area contributed by atoms with E-state index in [9.17, 15) is 14.4 Å². The van der Waals surface area contributed by atoms with Gasteiger partial charge in [0.05, 0.1) is 6.10 Å². The molecule has 1 saturated heterocycles. The maximum Gasteiger partial charge on any atom is 0.251 e. The summed E-state index contributed by atoms with van der Waals surface area (Å²) in [4.78, 5) is 34.5. The van der Waals surface area contributed by atoms with Gasteiger partial charge in [0, 0.05) is 12.1 Å². The molecule has 1 heterocycles. The summed E-state index contributed by atoms with van der Waals surface area (Å²) in [6.07, 6.45) is -0.119. The summed E-state index contributed by atoms with van der Waals surface area (Å²) >= 11 is 0. The van der Waals surface area contributed by atoms with Crippen LogP contribution in [0.2, 0.25) is 0 Å². The van der Waals surface area contributed by atoms with Gasteiger partial charge in [-0.1, -0.05) is 0 Å². The lowest BCUT2D eigenvalue weighted by Crippen LogP contribution is -2.28. The van der Waals surface area contributed by atoms with E-state index in [0.29, 0.717) is 11.4 Å². The van der Waals surface area contributed by atoms with E-state index in [1.807, 2.05) is 13.8 Å². The van der Waals surface area contributed by atoms with Crippen molar-refractivity contribution in [2.24, 2.45) is 5.92 Å². The van der Waals surface area contributed by atoms with Crippen LogP contribution < -0.4 is 20.9 Å². The third-order valence-electron chi connectivity index (χ3n) is 2.84. The summed E-state index contributed by atoms with van der Waals surface area (Å²) in [6.45, 7) is 3.85. The number of benzene rings is 1. The van der Waals surface area contributed by atoms with Gasteiger partial charge >= 0.3 is 0 Å². The number of carbonyl (C=O) groups excluding carboxylic acids is 3. The summed E-state index contributed by atoms with van der Waals surface area (Å²) in [5.74, 6) is -1.65. The highest BCUT2D eigenvalue weighted by molar-refractivity contribution is 6.08. The van der Waals surface area contributed by atoms with Gasteiger partial charge in [-0.05, 0) is 38.1 Å². The zero-order valence-electron chi connectivity index (χ0n) is 11.8. The Labute approximate surface area is 122 Å². The SMILES string of the molecule is CC(C)Oc1ccc(NC(=O)CC2C(=O)NNC2=O)cc1. The first-order valence-corrected chi connectivity index (χ1v) is 6.62. The van der Waals surface area contributed by atoms with Crippen molar-refractivity contribution in [1.29, 1.82) is 0 Å². The second kappa shape index (κ2) is 6.25. The van der Waals surface area contributed by atoms with Gasteiger partial charge in [-0.2, -0.15) is 0 Å². The predicted molar refractivity (Wildman–Crippen MR) is 75.2 cm³/mol. The van der Waals surface area contributed by atoms with Crippen molar-refractivity contribution in [2.75, 3.05) is 5.32 Å². The monoisotopic (exact) mass is 291 g/mol. The molecule has 2 rings (SSSR count). The van der Waals surface area contributed by atoms with Crippen LogP contribution in [-0.4, -0.2) is 23.8 Å². The van der Waals surface area contributed by atoms with Crippen LogP contribution in [0, 0.1) is 5.92 Å². The Balaban J connectivity index is 1.90. The summed E-state index contributed by atoms with van der Waals surface area (Å²) < 4.78 is 5.49. The summed E-state index contributed by atoms with van der Waals surface area (Å²) in [5, 5.41) is 2.64. The van der Waals surface area contributed by atoms with Crippen molar-refractivity contribution in [2.45, 2.75) is 26.4 Å². The molecule has 0 aliphatic carbocycles. The normalized spacial score (nSPS) is 14.8. The average Bonchev–Trinajstić information content (AvgIpc) is 2.72. The van der Waals surface area contributed by atoms with Gasteiger partial charge in [0.1, 0.15) is 11.7 Å². The first-order chi connectivity index (χ1) is 9.95. The molecule has 21 heavy (non-hydrogen) atoms. The second-order valence-corrected chi connectivity index (χ2v) is 4.97. The molecule has 0 radical (unpaired) electrons. The molecule has 3 amide bonds. The molecular weight excluding hydrogens is 274 g/mol. The third kappa shape index (κ3) is 3.95. The fourth-order valence-electron chi connectivity index (χ4n) is 1.89. The van der Waals surface area contributed by atoms with E-state index < -0.39 is 23.6 Å². The van der Waals surface area contributed by atoms with Gasteiger partial charge < -0.3 is 10.1 Å². The maximum absolute atomic E-state index is 11.8. The van der Waals surface area contributed by atoms with Crippen LogP contribution in [-0.2, 0) is 14.4 Å². The highest BCUT2D eigenvalue weighted by Crippen LogP contribution is 2.18. The number of amides is 3. The Morgan fingerprint density at radius 3 is 2.29 bits per heavy atom. The lowest BCUT2D eigenvalue weighted by atomic mass is 10.1. The Bertz CT molecular complexity index is 538. The summed E-state index contributed by atoms with van der Waals surface area (Å²) in [7, 11) is 0. The zero-order chi connectivity index (χ0) is 15.4. The maximum atomic E-state index is 11.8. The van der Waals surface area contributed by atoms with Crippen LogP contribution in [0.15, 0.2) is 24.3 Å². The van der Waals surface area contributed by atoms with E-state index in [0.717, 1.165) is 0 Å². The number of carbonyl (C=O) groups is 3. The molecule has 1 fully saturated rings. The van der Waals surface area contributed by atoms with Crippen molar-refractivity contribution < 1.29 is 19.1 Å². The molecule has 1 aliphatic rings. The zero-order valence-corrected chi connectivity index (χ0v) is 11.8. The molecule has 0 bridgehead atoms. The smallest absolute Gasteiger partial charge is 0.251 e. The topological polar surface area (TPSA) is 96.5 Å². The minimum Gasteiger partial charge on any atom is -0.491 e. The van der Waals surface area contributed by atoms with Gasteiger partial charge in [-0.25, -0.2) is 0 Å². The first kappa shape index (κ1) is 14.8. The minimum absolute atomic E-state index is 0.0739. The van der Waals surface area contributed by atoms with Crippen LogP contribution >= 0.6 is 0 Å². The molecule has 112 valence electrons. The lowest BCUT2D eigenvalue weighted by molar-refractivity contribution is -0.131. The van der Waals surface area contributed by atoms with E-state index in [2.05, 4.69) is 16.2 Å². The van der Waals surface area contributed by atoms with Crippen LogP contribution in [0.3, 0.4) is 0 Å². The van der Waals surface area contributed by atoms with Crippen LogP contribution in [0.5, 0.6) is 5.75 Å². The molecule has 0 atom stereocenters. The number of hydrogen-bond acceptors (Lipinski definition) is 4. The Hall–Kier alpha value is -2.57. The van der Waals surface area contributed by atoms with Crippen molar-refractivity contribution in [3.05, 3.63) is 24.3 Å². The lowest BCUT2D eigenvalue weighted by Gasteiger charge is -2.11. The van der Waals surface area contributed by atoms with Gasteiger partial charge in [-0.3, -0.25) is 25.2 Å². The van der Waals surface area contributed by atoms with Crippen LogP contribution in [0.1, 0.15) is 20.3 Å². The van der Waals surface area contributed by atoms with E-state index in [4.69, 9.17) is 4.74 Å². The standard InChI is InChI=1S/C14H17N3O4/c1-8(2)21-10-5-3-9(4-6-10)15-12(18)7-11-13(19)16-17-14(11)20/h3-6,8,11H,7H2,1-2H3,(H,15,18)(H,16,19)(H,17,20). The number of ether oxygens (including phenoxy) is 1. The van der Waals surface area contributed by atoms with Crippen molar-refractivity contribution >= 4 is 23.4 Å². The molecule has 3 N–H and O–H groups in total. The number of rotatable bonds is 5. The van der Waals surface area contributed by atoms with Crippen molar-refractivity contribution in [3.8, 4) is 5.75 Å². The van der Waals surface area contributed by atoms with Crippen molar-refractivity contribution in [3.63, 3.8) is 0 Å². The summed E-state index contributed by atoms with van der Waals surface area (Å²) in [6, 6.07) is 6.88. The van der Waals surface area contributed by atoms with E-state index in [1.54, 1.807) is 24.3 Å². The number of anilines is 1. The fourth-order valence-corrected chi connectivity index (χ4v) is 1.89. The molecular formula is C14H17N3O4. The molecule has 7 nitrogen and oxygen atoms in total. The van der Waals surface area contributed by atoms with E-state index >= 15 is 0 Å².